The Balaban J connectivity index is 1.85. The zero-order valence-electron chi connectivity index (χ0n) is 12.4. The predicted octanol–water partition coefficient (Wildman–Crippen LogP) is 3.98. The first kappa shape index (κ1) is 16.8. The van der Waals surface area contributed by atoms with E-state index >= 15 is 0 Å². The van der Waals surface area contributed by atoms with Crippen LogP contribution >= 0.6 is 15.9 Å². The number of hydrogen-bond acceptors (Lipinski definition) is 3. The second-order valence-electron chi connectivity index (χ2n) is 5.46. The Morgan fingerprint density at radius 3 is 2.67 bits per heavy atom. The molecule has 24 heavy (non-hydrogen) atoms. The fourth-order valence-electron chi connectivity index (χ4n) is 2.55. The number of alkyl halides is 3. The van der Waals surface area contributed by atoms with E-state index < -0.39 is 23.8 Å². The number of imidazole rings is 1. The van der Waals surface area contributed by atoms with Crippen molar-refractivity contribution < 1.29 is 22.7 Å². The van der Waals surface area contributed by atoms with Crippen LogP contribution in [0, 0.1) is 0 Å². The van der Waals surface area contributed by atoms with Gasteiger partial charge in [-0.1, -0.05) is 28.1 Å². The van der Waals surface area contributed by atoms with Gasteiger partial charge in [-0.3, -0.25) is 0 Å². The summed E-state index contributed by atoms with van der Waals surface area (Å²) in [5, 5.41) is 2.05. The molecule has 2 aromatic rings. The molecule has 3 rings (SSSR count). The van der Waals surface area contributed by atoms with E-state index in [0.717, 1.165) is 10.0 Å². The van der Waals surface area contributed by atoms with E-state index in [1.807, 2.05) is 17.4 Å². The lowest BCUT2D eigenvalue weighted by atomic mass is 10.2. The number of halogens is 4. The summed E-state index contributed by atoms with van der Waals surface area (Å²) in [6.45, 7) is 0. The van der Waals surface area contributed by atoms with Crippen molar-refractivity contribution in [2.24, 2.45) is 0 Å². The third-order valence-corrected chi connectivity index (χ3v) is 4.47. The molecule has 1 heterocycles. The second-order valence-corrected chi connectivity index (χ2v) is 6.38. The fourth-order valence-corrected chi connectivity index (χ4v) is 2.81. The van der Waals surface area contributed by atoms with Crippen LogP contribution in [0.25, 0.3) is 11.3 Å². The largest absolute Gasteiger partial charge is 0.432 e. The molecular weight excluding hydrogens is 391 g/mol. The lowest BCUT2D eigenvalue weighted by Gasteiger charge is -2.20. The Hall–Kier alpha value is -2.03. The van der Waals surface area contributed by atoms with Gasteiger partial charge in [-0.15, -0.1) is 0 Å². The van der Waals surface area contributed by atoms with Gasteiger partial charge in [0.05, 0.1) is 11.6 Å². The number of nitrogens with one attached hydrogen (secondary N) is 2. The van der Waals surface area contributed by atoms with E-state index in [1.54, 1.807) is 12.1 Å². The Labute approximate surface area is 143 Å². The molecular formula is C15H13BrF3N3O2. The molecule has 1 fully saturated rings. The average molecular weight is 404 g/mol. The summed E-state index contributed by atoms with van der Waals surface area (Å²) in [7, 11) is 1.21. The summed E-state index contributed by atoms with van der Waals surface area (Å²) in [4.78, 5) is 18.3. The van der Waals surface area contributed by atoms with Crippen LogP contribution in [0.1, 0.15) is 18.2 Å². The van der Waals surface area contributed by atoms with E-state index in [-0.39, 0.29) is 12.2 Å². The Morgan fingerprint density at radius 2 is 2.08 bits per heavy atom. The average Bonchev–Trinajstić information content (AvgIpc) is 3.06. The standard InChI is InChI=1S/C15H13BrF3N3O2/c1-20-13(23)24-14(15(17,18)19)6-10(14)12-21-7-11(22-12)8-2-4-9(16)5-3-8/h2-5,7,10H,6H2,1H3,(H,20,23)(H,21,22). The van der Waals surface area contributed by atoms with Gasteiger partial charge in [-0.25, -0.2) is 9.78 Å². The monoisotopic (exact) mass is 403 g/mol. The van der Waals surface area contributed by atoms with E-state index in [2.05, 4.69) is 30.6 Å². The minimum atomic E-state index is -4.67. The highest BCUT2D eigenvalue weighted by Gasteiger charge is 2.76. The molecule has 2 N–H and O–H groups in total. The van der Waals surface area contributed by atoms with E-state index in [9.17, 15) is 18.0 Å². The van der Waals surface area contributed by atoms with Crippen molar-refractivity contribution in [1.82, 2.24) is 15.3 Å². The Kier molecular flexibility index (Phi) is 4.06. The van der Waals surface area contributed by atoms with Crippen molar-refractivity contribution >= 4 is 22.0 Å². The number of carbonyl (C=O) groups is 1. The zero-order chi connectivity index (χ0) is 17.5. The number of ether oxygens (including phenoxy) is 1. The summed E-state index contributed by atoms with van der Waals surface area (Å²) in [5.41, 5.74) is -1.23. The molecule has 0 saturated heterocycles. The van der Waals surface area contributed by atoms with Crippen LogP contribution in [0.4, 0.5) is 18.0 Å². The number of rotatable bonds is 3. The number of hydrogen-bond donors (Lipinski definition) is 2. The summed E-state index contributed by atoms with van der Waals surface area (Å²) < 4.78 is 45.6. The van der Waals surface area contributed by atoms with Gasteiger partial charge in [-0.05, 0) is 12.1 Å². The molecule has 1 aliphatic carbocycles. The van der Waals surface area contributed by atoms with Gasteiger partial charge in [0.1, 0.15) is 5.82 Å². The summed E-state index contributed by atoms with van der Waals surface area (Å²) in [6.07, 6.45) is -4.60. The van der Waals surface area contributed by atoms with Crippen molar-refractivity contribution in [2.75, 3.05) is 7.05 Å². The molecule has 1 amide bonds. The lowest BCUT2D eigenvalue weighted by Crippen LogP contribution is -2.40. The first-order valence-corrected chi connectivity index (χ1v) is 7.85. The molecule has 0 radical (unpaired) electrons. The minimum Gasteiger partial charge on any atom is -0.432 e. The van der Waals surface area contributed by atoms with Crippen LogP contribution in [0.15, 0.2) is 34.9 Å². The highest BCUT2D eigenvalue weighted by molar-refractivity contribution is 9.10. The van der Waals surface area contributed by atoms with Crippen LogP contribution in [-0.4, -0.2) is 34.9 Å². The molecule has 1 aliphatic rings. The molecule has 1 aromatic carbocycles. The SMILES string of the molecule is CNC(=O)OC1(C(F)(F)F)CC1c1nc(-c2ccc(Br)cc2)c[nH]1. The van der Waals surface area contributed by atoms with Crippen molar-refractivity contribution in [2.45, 2.75) is 24.1 Å². The molecule has 2 atom stereocenters. The van der Waals surface area contributed by atoms with Crippen molar-refractivity contribution in [1.29, 1.82) is 0 Å². The predicted molar refractivity (Wildman–Crippen MR) is 83.4 cm³/mol. The van der Waals surface area contributed by atoms with E-state index in [1.165, 1.54) is 13.2 Å². The number of benzene rings is 1. The minimum absolute atomic E-state index is 0.147. The van der Waals surface area contributed by atoms with Crippen molar-refractivity contribution in [3.05, 3.63) is 40.8 Å². The van der Waals surface area contributed by atoms with Gasteiger partial charge >= 0.3 is 12.3 Å². The van der Waals surface area contributed by atoms with Gasteiger partial charge < -0.3 is 15.0 Å². The van der Waals surface area contributed by atoms with Crippen LogP contribution in [0.5, 0.6) is 0 Å². The smallest absolute Gasteiger partial charge is 0.429 e. The van der Waals surface area contributed by atoms with Crippen LogP contribution in [0.3, 0.4) is 0 Å². The molecule has 9 heteroatoms. The van der Waals surface area contributed by atoms with Gasteiger partial charge in [0.15, 0.2) is 0 Å². The fraction of sp³-hybridized carbons (Fsp3) is 0.333. The van der Waals surface area contributed by atoms with E-state index in [0.29, 0.717) is 5.69 Å². The molecule has 1 saturated carbocycles. The number of aromatic amines is 1. The Bertz CT molecular complexity index is 760. The molecule has 0 aliphatic heterocycles. The molecule has 0 spiro atoms. The third kappa shape index (κ3) is 2.88. The first-order valence-electron chi connectivity index (χ1n) is 7.05. The molecule has 128 valence electrons. The highest BCUT2D eigenvalue weighted by Crippen LogP contribution is 2.61. The topological polar surface area (TPSA) is 67.0 Å². The third-order valence-electron chi connectivity index (χ3n) is 3.94. The maximum Gasteiger partial charge on any atom is 0.429 e. The highest BCUT2D eigenvalue weighted by atomic mass is 79.9. The number of amides is 1. The quantitative estimate of drug-likeness (QED) is 0.814. The number of carbonyl (C=O) groups excluding carboxylic acids is 1. The van der Waals surface area contributed by atoms with Crippen LogP contribution < -0.4 is 5.32 Å². The first-order chi connectivity index (χ1) is 11.3. The summed E-state index contributed by atoms with van der Waals surface area (Å²) in [6, 6.07) is 7.23. The van der Waals surface area contributed by atoms with Crippen LogP contribution in [-0.2, 0) is 4.74 Å². The Morgan fingerprint density at radius 1 is 1.42 bits per heavy atom. The molecule has 0 bridgehead atoms. The maximum absolute atomic E-state index is 13.4. The number of alkyl carbamates (subject to hydrolysis) is 1. The number of nitrogens with zero attached hydrogens (tertiary/aromatic N) is 1. The zero-order valence-corrected chi connectivity index (χ0v) is 14.0. The maximum atomic E-state index is 13.4. The van der Waals surface area contributed by atoms with Gasteiger partial charge in [-0.2, -0.15) is 13.2 Å². The number of aromatic nitrogens is 2. The van der Waals surface area contributed by atoms with Gasteiger partial charge in [0.2, 0.25) is 5.60 Å². The molecule has 1 aromatic heterocycles. The van der Waals surface area contributed by atoms with Crippen LogP contribution in [0.2, 0.25) is 0 Å². The van der Waals surface area contributed by atoms with E-state index in [4.69, 9.17) is 0 Å². The molecule has 2 unspecified atom stereocenters. The lowest BCUT2D eigenvalue weighted by molar-refractivity contribution is -0.219. The van der Waals surface area contributed by atoms with Crippen molar-refractivity contribution in [3.8, 4) is 11.3 Å². The number of H-pyrrole nitrogens is 1. The van der Waals surface area contributed by atoms with Gasteiger partial charge in [0.25, 0.3) is 0 Å². The second kappa shape index (κ2) is 5.80. The van der Waals surface area contributed by atoms with Crippen molar-refractivity contribution in [3.63, 3.8) is 0 Å². The summed E-state index contributed by atoms with van der Waals surface area (Å²) in [5.74, 6) is -0.895. The summed E-state index contributed by atoms with van der Waals surface area (Å²) >= 11 is 3.32. The normalized spacial score (nSPS) is 23.0. The van der Waals surface area contributed by atoms with Gasteiger partial charge in [0, 0.05) is 29.7 Å². The molecule has 5 nitrogen and oxygen atoms in total.